The Morgan fingerprint density at radius 3 is 2.07 bits per heavy atom. The number of esters is 1. The fourth-order valence-corrected chi connectivity index (χ4v) is 4.52. The molecule has 42 heavy (non-hydrogen) atoms. The van der Waals surface area contributed by atoms with Crippen LogP contribution in [0.4, 0.5) is 37.1 Å². The number of ether oxygens (including phenoxy) is 2. The molecule has 0 unspecified atom stereocenters. The highest BCUT2D eigenvalue weighted by Crippen LogP contribution is 2.37. The van der Waals surface area contributed by atoms with Crippen LogP contribution in [0, 0.1) is 0 Å². The first-order valence-electron chi connectivity index (χ1n) is 13.0. The molecule has 3 rings (SSSR count). The Hall–Kier alpha value is -3.84. The van der Waals surface area contributed by atoms with Gasteiger partial charge in [0.2, 0.25) is 5.95 Å². The third-order valence-corrected chi connectivity index (χ3v) is 6.46. The summed E-state index contributed by atoms with van der Waals surface area (Å²) in [7, 11) is 1.20. The van der Waals surface area contributed by atoms with E-state index < -0.39 is 53.7 Å². The van der Waals surface area contributed by atoms with Crippen LogP contribution < -0.4 is 4.90 Å². The van der Waals surface area contributed by atoms with E-state index in [0.29, 0.717) is 30.5 Å². The molecule has 2 heterocycles. The second-order valence-corrected chi connectivity index (χ2v) is 10.8. The van der Waals surface area contributed by atoms with Gasteiger partial charge in [-0.1, -0.05) is 6.92 Å². The summed E-state index contributed by atoms with van der Waals surface area (Å²) in [5, 5.41) is 0. The SMILES string of the molecule is CC[C@@H]1C[C@H](N(Cc2cc(C(F)(F)F)cc(C(F)(F)F)c2)c2ncc(C=CC(=O)OC)cn2)CN1C(=O)OC(C)(C)C. The third kappa shape index (κ3) is 8.58. The summed E-state index contributed by atoms with van der Waals surface area (Å²) in [6.45, 7) is 6.65. The van der Waals surface area contributed by atoms with E-state index in [1.165, 1.54) is 35.4 Å². The van der Waals surface area contributed by atoms with Crippen LogP contribution in [0.5, 0.6) is 0 Å². The lowest BCUT2D eigenvalue weighted by atomic mass is 10.0. The van der Waals surface area contributed by atoms with Crippen molar-refractivity contribution in [2.45, 2.75) is 77.1 Å². The van der Waals surface area contributed by atoms with Crippen LogP contribution in [0.1, 0.15) is 62.8 Å². The summed E-state index contributed by atoms with van der Waals surface area (Å²) in [4.78, 5) is 35.9. The molecule has 1 saturated heterocycles. The number of carbonyl (C=O) groups excluding carboxylic acids is 2. The Morgan fingerprint density at radius 2 is 1.60 bits per heavy atom. The number of hydrogen-bond acceptors (Lipinski definition) is 7. The number of methoxy groups -OCH3 is 1. The maximum atomic E-state index is 13.6. The number of likely N-dealkylation sites (tertiary alicyclic amines) is 1. The molecule has 1 aliphatic rings. The molecule has 0 N–H and O–H groups in total. The lowest BCUT2D eigenvalue weighted by molar-refractivity contribution is -0.143. The number of carbonyl (C=O) groups is 2. The van der Waals surface area contributed by atoms with Gasteiger partial charge < -0.3 is 19.3 Å². The lowest BCUT2D eigenvalue weighted by Gasteiger charge is -2.30. The molecule has 0 radical (unpaired) electrons. The number of halogens is 6. The van der Waals surface area contributed by atoms with Gasteiger partial charge >= 0.3 is 24.4 Å². The van der Waals surface area contributed by atoms with Crippen molar-refractivity contribution in [2.24, 2.45) is 0 Å². The van der Waals surface area contributed by atoms with Gasteiger partial charge in [-0.25, -0.2) is 19.6 Å². The average molecular weight is 603 g/mol. The van der Waals surface area contributed by atoms with Gasteiger partial charge in [0.05, 0.1) is 24.3 Å². The monoisotopic (exact) mass is 602 g/mol. The number of aromatic nitrogens is 2. The molecule has 230 valence electrons. The summed E-state index contributed by atoms with van der Waals surface area (Å²) >= 11 is 0. The van der Waals surface area contributed by atoms with Gasteiger partial charge in [-0.2, -0.15) is 26.3 Å². The van der Waals surface area contributed by atoms with Crippen LogP contribution in [0.3, 0.4) is 0 Å². The molecule has 1 aromatic heterocycles. The number of benzene rings is 1. The molecule has 0 bridgehead atoms. The summed E-state index contributed by atoms with van der Waals surface area (Å²) in [6, 6.07) is 0.519. The van der Waals surface area contributed by atoms with E-state index >= 15 is 0 Å². The average Bonchev–Trinajstić information content (AvgIpc) is 3.33. The zero-order valence-corrected chi connectivity index (χ0v) is 23.7. The molecule has 1 aliphatic heterocycles. The zero-order chi connectivity index (χ0) is 31.5. The van der Waals surface area contributed by atoms with E-state index in [4.69, 9.17) is 4.74 Å². The zero-order valence-electron chi connectivity index (χ0n) is 23.7. The van der Waals surface area contributed by atoms with E-state index in [-0.39, 0.29) is 30.2 Å². The molecule has 2 aromatic rings. The molecule has 0 spiro atoms. The van der Waals surface area contributed by atoms with Crippen LogP contribution >= 0.6 is 0 Å². The van der Waals surface area contributed by atoms with E-state index in [0.717, 1.165) is 6.08 Å². The standard InChI is InChI=1S/C28H32F6N4O4/c1-6-21-12-22(16-38(21)25(40)42-26(2,3)4)37(24-35-13-17(14-36-24)7-8-23(39)41-5)15-18-9-19(27(29,30)31)11-20(10-18)28(32,33)34/h7-11,13-14,21-22H,6,12,15-16H2,1-5H3/t21-,22+/m1/s1. The van der Waals surface area contributed by atoms with Crippen molar-refractivity contribution < 1.29 is 45.4 Å². The van der Waals surface area contributed by atoms with Crippen molar-refractivity contribution in [3.8, 4) is 0 Å². The van der Waals surface area contributed by atoms with E-state index in [2.05, 4.69) is 14.7 Å². The predicted molar refractivity (Wildman–Crippen MR) is 141 cm³/mol. The first-order chi connectivity index (χ1) is 19.4. The molecule has 1 amide bonds. The summed E-state index contributed by atoms with van der Waals surface area (Å²) in [5.41, 5.74) is -3.53. The number of anilines is 1. The topological polar surface area (TPSA) is 84.9 Å². The van der Waals surface area contributed by atoms with Gasteiger partial charge in [-0.15, -0.1) is 0 Å². The highest BCUT2D eigenvalue weighted by molar-refractivity contribution is 5.86. The van der Waals surface area contributed by atoms with Crippen molar-refractivity contribution >= 4 is 24.1 Å². The minimum absolute atomic E-state index is 0.0158. The normalized spacial score (nSPS) is 17.9. The van der Waals surface area contributed by atoms with Crippen molar-refractivity contribution in [3.63, 3.8) is 0 Å². The first kappa shape index (κ1) is 32.7. The number of nitrogens with zero attached hydrogens (tertiary/aromatic N) is 4. The Kier molecular flexibility index (Phi) is 9.78. The molecular formula is C28H32F6N4O4. The second kappa shape index (κ2) is 12.6. The number of amides is 1. The molecule has 1 aromatic carbocycles. The maximum absolute atomic E-state index is 13.6. The van der Waals surface area contributed by atoms with Crippen molar-refractivity contribution in [3.05, 3.63) is 58.9 Å². The van der Waals surface area contributed by atoms with Gasteiger partial charge in [0.25, 0.3) is 0 Å². The van der Waals surface area contributed by atoms with Crippen molar-refractivity contribution in [1.82, 2.24) is 14.9 Å². The second-order valence-electron chi connectivity index (χ2n) is 10.8. The van der Waals surface area contributed by atoms with Crippen LogP contribution in [-0.4, -0.2) is 58.3 Å². The molecule has 0 aliphatic carbocycles. The third-order valence-electron chi connectivity index (χ3n) is 6.46. The quantitative estimate of drug-likeness (QED) is 0.203. The Morgan fingerprint density at radius 1 is 1.02 bits per heavy atom. The number of rotatable bonds is 7. The van der Waals surface area contributed by atoms with Gasteiger partial charge in [0.1, 0.15) is 5.60 Å². The van der Waals surface area contributed by atoms with Gasteiger partial charge in [-0.05, 0) is 63.5 Å². The molecule has 2 atom stereocenters. The molecule has 1 fully saturated rings. The Labute approximate surface area is 239 Å². The summed E-state index contributed by atoms with van der Waals surface area (Å²) < 4.78 is 91.5. The fraction of sp³-hybridized carbons (Fsp3) is 0.500. The van der Waals surface area contributed by atoms with E-state index in [1.807, 2.05) is 6.92 Å². The van der Waals surface area contributed by atoms with Gasteiger partial charge in [0.15, 0.2) is 0 Å². The van der Waals surface area contributed by atoms with Crippen LogP contribution in [0.2, 0.25) is 0 Å². The predicted octanol–water partition coefficient (Wildman–Crippen LogP) is 6.50. The highest BCUT2D eigenvalue weighted by atomic mass is 19.4. The van der Waals surface area contributed by atoms with E-state index in [9.17, 15) is 35.9 Å². The minimum Gasteiger partial charge on any atom is -0.466 e. The number of alkyl halides is 6. The molecule has 14 heteroatoms. The largest absolute Gasteiger partial charge is 0.466 e. The fourth-order valence-electron chi connectivity index (χ4n) is 4.52. The van der Waals surface area contributed by atoms with Crippen LogP contribution in [0.25, 0.3) is 6.08 Å². The van der Waals surface area contributed by atoms with Crippen LogP contribution in [-0.2, 0) is 33.2 Å². The van der Waals surface area contributed by atoms with E-state index in [1.54, 1.807) is 20.8 Å². The van der Waals surface area contributed by atoms with Gasteiger partial charge in [-0.3, -0.25) is 0 Å². The van der Waals surface area contributed by atoms with Crippen LogP contribution in [0.15, 0.2) is 36.7 Å². The van der Waals surface area contributed by atoms with Crippen molar-refractivity contribution in [1.29, 1.82) is 0 Å². The lowest BCUT2D eigenvalue weighted by Crippen LogP contribution is -2.42. The molecular weight excluding hydrogens is 570 g/mol. The van der Waals surface area contributed by atoms with Crippen molar-refractivity contribution in [2.75, 3.05) is 18.6 Å². The first-order valence-corrected chi connectivity index (χ1v) is 13.0. The maximum Gasteiger partial charge on any atom is 0.416 e. The van der Waals surface area contributed by atoms with Gasteiger partial charge in [0, 0.05) is 43.2 Å². The Bertz CT molecular complexity index is 1260. The Balaban J connectivity index is 2.04. The highest BCUT2D eigenvalue weighted by Gasteiger charge is 2.41. The smallest absolute Gasteiger partial charge is 0.416 e. The molecule has 0 saturated carbocycles. The summed E-state index contributed by atoms with van der Waals surface area (Å²) in [5.74, 6) is -0.605. The minimum atomic E-state index is -5.01. The summed E-state index contributed by atoms with van der Waals surface area (Å²) in [6.07, 6.45) is -4.52. The molecule has 8 nitrogen and oxygen atoms in total. The number of hydrogen-bond donors (Lipinski definition) is 0.